The van der Waals surface area contributed by atoms with Crippen molar-refractivity contribution in [3.05, 3.63) is 0 Å². The number of thiocarbonyl (C=S) groups is 1. The molecular formula is C13H26N2OS. The fourth-order valence-electron chi connectivity index (χ4n) is 2.39. The number of nitrogens with two attached hydrogens (primary N) is 1. The van der Waals surface area contributed by atoms with E-state index < -0.39 is 0 Å². The molecule has 100 valence electrons. The molecule has 1 aliphatic rings. The van der Waals surface area contributed by atoms with E-state index in [2.05, 4.69) is 11.8 Å². The third-order valence-corrected chi connectivity index (χ3v) is 3.49. The maximum absolute atomic E-state index is 5.66. The fraction of sp³-hybridized carbons (Fsp3) is 0.923. The Morgan fingerprint density at radius 1 is 1.35 bits per heavy atom. The van der Waals surface area contributed by atoms with Crippen molar-refractivity contribution in [2.24, 2.45) is 5.73 Å². The Kier molecular flexibility index (Phi) is 7.73. The third-order valence-electron chi connectivity index (χ3n) is 3.37. The van der Waals surface area contributed by atoms with Crippen LogP contribution < -0.4 is 5.73 Å². The second kappa shape index (κ2) is 8.84. The molecule has 0 unspecified atom stereocenters. The van der Waals surface area contributed by atoms with E-state index in [9.17, 15) is 0 Å². The first kappa shape index (κ1) is 14.9. The van der Waals surface area contributed by atoms with Crippen molar-refractivity contribution in [1.82, 2.24) is 4.90 Å². The average molecular weight is 258 g/mol. The Morgan fingerprint density at radius 3 is 2.65 bits per heavy atom. The molecule has 0 bridgehead atoms. The van der Waals surface area contributed by atoms with Crippen molar-refractivity contribution in [2.45, 2.75) is 51.5 Å². The van der Waals surface area contributed by atoms with Crippen LogP contribution in [0.4, 0.5) is 0 Å². The van der Waals surface area contributed by atoms with Crippen molar-refractivity contribution in [3.63, 3.8) is 0 Å². The van der Waals surface area contributed by atoms with Crippen LogP contribution in [0.2, 0.25) is 0 Å². The number of rotatable bonds is 9. The van der Waals surface area contributed by atoms with Crippen LogP contribution >= 0.6 is 12.2 Å². The molecule has 0 aromatic carbocycles. The molecule has 0 saturated heterocycles. The molecule has 0 aliphatic heterocycles. The van der Waals surface area contributed by atoms with Crippen molar-refractivity contribution >= 4 is 17.2 Å². The predicted octanol–water partition coefficient (Wildman–Crippen LogP) is 2.33. The number of hydrogen-bond acceptors (Lipinski definition) is 3. The minimum Gasteiger partial charge on any atom is -0.392 e. The van der Waals surface area contributed by atoms with E-state index in [1.807, 2.05) is 0 Å². The molecule has 1 fully saturated rings. The van der Waals surface area contributed by atoms with Crippen LogP contribution in [0.5, 0.6) is 0 Å². The molecule has 0 spiro atoms. The lowest BCUT2D eigenvalue weighted by Crippen LogP contribution is -2.41. The van der Waals surface area contributed by atoms with E-state index >= 15 is 0 Å². The number of hydrogen-bond donors (Lipinski definition) is 1. The van der Waals surface area contributed by atoms with Crippen molar-refractivity contribution in [2.75, 3.05) is 26.3 Å². The minimum atomic E-state index is 0.602. The standard InChI is InChI=1S/C13H26N2OS/c1-2-3-9-16-10-8-15(11-13(14)17)12-6-4-5-7-12/h12H,2-11H2,1H3,(H2,14,17). The Balaban J connectivity index is 2.22. The highest BCUT2D eigenvalue weighted by Gasteiger charge is 2.22. The highest BCUT2D eigenvalue weighted by atomic mass is 32.1. The summed E-state index contributed by atoms with van der Waals surface area (Å²) in [6, 6.07) is 0.672. The molecule has 1 rings (SSSR count). The maximum Gasteiger partial charge on any atom is 0.0870 e. The van der Waals surface area contributed by atoms with Crippen LogP contribution in [0.25, 0.3) is 0 Å². The zero-order valence-electron chi connectivity index (χ0n) is 11.0. The van der Waals surface area contributed by atoms with Gasteiger partial charge in [-0.15, -0.1) is 0 Å². The van der Waals surface area contributed by atoms with E-state index in [0.717, 1.165) is 32.7 Å². The van der Waals surface area contributed by atoms with Gasteiger partial charge < -0.3 is 10.5 Å². The van der Waals surface area contributed by atoms with E-state index in [-0.39, 0.29) is 0 Å². The lowest BCUT2D eigenvalue weighted by molar-refractivity contribution is 0.0928. The molecule has 0 radical (unpaired) electrons. The first-order valence-corrected chi connectivity index (χ1v) is 7.25. The molecule has 3 nitrogen and oxygen atoms in total. The lowest BCUT2D eigenvalue weighted by Gasteiger charge is -2.28. The van der Waals surface area contributed by atoms with Gasteiger partial charge >= 0.3 is 0 Å². The number of ether oxygens (including phenoxy) is 1. The first-order valence-electron chi connectivity index (χ1n) is 6.84. The molecule has 1 aliphatic carbocycles. The molecule has 0 aromatic heterocycles. The Labute approximate surface area is 111 Å². The van der Waals surface area contributed by atoms with Gasteiger partial charge in [-0.3, -0.25) is 4.90 Å². The Hall–Kier alpha value is -0.190. The summed E-state index contributed by atoms with van der Waals surface area (Å²) in [5, 5.41) is 0. The van der Waals surface area contributed by atoms with Crippen LogP contribution in [0.1, 0.15) is 45.4 Å². The van der Waals surface area contributed by atoms with Gasteiger partial charge in [0.2, 0.25) is 0 Å². The summed E-state index contributed by atoms with van der Waals surface area (Å²) in [6.45, 7) is 5.57. The summed E-state index contributed by atoms with van der Waals surface area (Å²) >= 11 is 5.02. The molecule has 0 heterocycles. The maximum atomic E-state index is 5.66. The van der Waals surface area contributed by atoms with Crippen molar-refractivity contribution < 1.29 is 4.74 Å². The van der Waals surface area contributed by atoms with E-state index in [0.29, 0.717) is 11.0 Å². The quantitative estimate of drug-likeness (QED) is 0.509. The summed E-state index contributed by atoms with van der Waals surface area (Å²) < 4.78 is 5.62. The lowest BCUT2D eigenvalue weighted by atomic mass is 10.2. The number of nitrogens with zero attached hydrogens (tertiary/aromatic N) is 1. The van der Waals surface area contributed by atoms with Gasteiger partial charge in [0, 0.05) is 25.7 Å². The zero-order chi connectivity index (χ0) is 12.5. The summed E-state index contributed by atoms with van der Waals surface area (Å²) in [5.74, 6) is 0. The molecule has 1 saturated carbocycles. The highest BCUT2D eigenvalue weighted by molar-refractivity contribution is 7.80. The molecular weight excluding hydrogens is 232 g/mol. The second-order valence-corrected chi connectivity index (χ2v) is 5.37. The number of unbranched alkanes of at least 4 members (excludes halogenated alkanes) is 1. The van der Waals surface area contributed by atoms with Crippen LogP contribution in [-0.2, 0) is 4.74 Å². The first-order chi connectivity index (χ1) is 8.24. The summed E-state index contributed by atoms with van der Waals surface area (Å²) in [4.78, 5) is 3.01. The van der Waals surface area contributed by atoms with Gasteiger partial charge in [-0.1, -0.05) is 38.4 Å². The van der Waals surface area contributed by atoms with Crippen molar-refractivity contribution in [3.8, 4) is 0 Å². The van der Waals surface area contributed by atoms with Gasteiger partial charge in [-0.2, -0.15) is 0 Å². The van der Waals surface area contributed by atoms with E-state index in [4.69, 9.17) is 22.7 Å². The topological polar surface area (TPSA) is 38.5 Å². The third kappa shape index (κ3) is 6.34. The van der Waals surface area contributed by atoms with Gasteiger partial charge in [0.15, 0.2) is 0 Å². The molecule has 0 atom stereocenters. The van der Waals surface area contributed by atoms with E-state index in [1.54, 1.807) is 0 Å². The highest BCUT2D eigenvalue weighted by Crippen LogP contribution is 2.23. The van der Waals surface area contributed by atoms with Crippen LogP contribution in [-0.4, -0.2) is 42.2 Å². The van der Waals surface area contributed by atoms with Gasteiger partial charge in [0.1, 0.15) is 0 Å². The fourth-order valence-corrected chi connectivity index (χ4v) is 2.56. The minimum absolute atomic E-state index is 0.602. The molecule has 0 amide bonds. The smallest absolute Gasteiger partial charge is 0.0870 e. The van der Waals surface area contributed by atoms with Gasteiger partial charge in [-0.05, 0) is 19.3 Å². The Morgan fingerprint density at radius 2 is 2.06 bits per heavy atom. The summed E-state index contributed by atoms with van der Waals surface area (Å²) in [7, 11) is 0. The van der Waals surface area contributed by atoms with Gasteiger partial charge in [-0.25, -0.2) is 0 Å². The Bertz CT molecular complexity index is 217. The molecule has 17 heavy (non-hydrogen) atoms. The van der Waals surface area contributed by atoms with Crippen LogP contribution in [0, 0.1) is 0 Å². The SMILES string of the molecule is CCCCOCCN(CC(N)=S)C1CCCC1. The monoisotopic (exact) mass is 258 g/mol. The largest absolute Gasteiger partial charge is 0.392 e. The average Bonchev–Trinajstić information content (AvgIpc) is 2.80. The van der Waals surface area contributed by atoms with Crippen LogP contribution in [0.3, 0.4) is 0 Å². The zero-order valence-corrected chi connectivity index (χ0v) is 11.8. The molecule has 4 heteroatoms. The predicted molar refractivity (Wildman–Crippen MR) is 76.3 cm³/mol. The van der Waals surface area contributed by atoms with Gasteiger partial charge in [0.25, 0.3) is 0 Å². The normalized spacial score (nSPS) is 16.8. The second-order valence-electron chi connectivity index (χ2n) is 4.84. The molecule has 0 aromatic rings. The van der Waals surface area contributed by atoms with Gasteiger partial charge in [0.05, 0.1) is 11.6 Å². The van der Waals surface area contributed by atoms with Crippen LogP contribution in [0.15, 0.2) is 0 Å². The van der Waals surface area contributed by atoms with Crippen molar-refractivity contribution in [1.29, 1.82) is 0 Å². The van der Waals surface area contributed by atoms with E-state index in [1.165, 1.54) is 32.1 Å². The summed E-state index contributed by atoms with van der Waals surface area (Å²) in [6.07, 6.45) is 7.61. The summed E-state index contributed by atoms with van der Waals surface area (Å²) in [5.41, 5.74) is 5.66. The molecule has 2 N–H and O–H groups in total.